The van der Waals surface area contributed by atoms with E-state index >= 15 is 0 Å². The summed E-state index contributed by atoms with van der Waals surface area (Å²) in [5.41, 5.74) is 0.624. The first-order valence-corrected chi connectivity index (χ1v) is 12.8. The van der Waals surface area contributed by atoms with Crippen molar-refractivity contribution in [3.05, 3.63) is 18.5 Å². The number of rotatable bonds is 10. The number of nitrogens with zero attached hydrogens (tertiary/aromatic N) is 3. The van der Waals surface area contributed by atoms with E-state index in [9.17, 15) is 4.79 Å². The van der Waals surface area contributed by atoms with Crippen LogP contribution in [0, 0.1) is 5.92 Å². The highest BCUT2D eigenvalue weighted by Crippen LogP contribution is 2.28. The van der Waals surface area contributed by atoms with Crippen molar-refractivity contribution in [3.63, 3.8) is 0 Å². The van der Waals surface area contributed by atoms with Gasteiger partial charge in [0.05, 0.1) is 24.1 Å². The fourth-order valence-corrected chi connectivity index (χ4v) is 4.50. The third kappa shape index (κ3) is 8.36. The summed E-state index contributed by atoms with van der Waals surface area (Å²) in [5, 5.41) is 0. The lowest BCUT2D eigenvalue weighted by Crippen LogP contribution is -2.42. The molecule has 0 aromatic carbocycles. The molecule has 1 aromatic heterocycles. The SMILES string of the molecule is CCCCOCCC1CCN(c2cncc(OC[C@H]3CCCN3C(=O)OC(C)(C)C)c2)CC1. The molecule has 0 bridgehead atoms. The van der Waals surface area contributed by atoms with Crippen LogP contribution >= 0.6 is 0 Å². The average Bonchev–Trinajstić information content (AvgIpc) is 3.26. The van der Waals surface area contributed by atoms with Crippen LogP contribution in [0.3, 0.4) is 0 Å². The first-order valence-electron chi connectivity index (χ1n) is 12.8. The van der Waals surface area contributed by atoms with Crippen molar-refractivity contribution in [2.24, 2.45) is 5.92 Å². The standard InChI is InChI=1S/C26H43N3O4/c1-5-6-15-31-16-11-21-9-13-28(14-10-21)23-17-24(19-27-18-23)32-20-22-8-7-12-29(22)25(30)33-26(2,3)4/h17-19,21-22H,5-16,20H2,1-4H3/t22-/m1/s1. The highest BCUT2D eigenvalue weighted by molar-refractivity contribution is 5.69. The molecule has 0 aliphatic carbocycles. The minimum atomic E-state index is -0.487. The zero-order chi connectivity index (χ0) is 23.7. The van der Waals surface area contributed by atoms with E-state index in [2.05, 4.69) is 22.9 Å². The van der Waals surface area contributed by atoms with Gasteiger partial charge in [0, 0.05) is 38.9 Å². The maximum absolute atomic E-state index is 12.5. The summed E-state index contributed by atoms with van der Waals surface area (Å²) >= 11 is 0. The summed E-state index contributed by atoms with van der Waals surface area (Å²) in [6, 6.07) is 2.12. The lowest BCUT2D eigenvalue weighted by molar-refractivity contribution is 0.0187. The van der Waals surface area contributed by atoms with E-state index in [1.54, 1.807) is 11.1 Å². The summed E-state index contributed by atoms with van der Waals surface area (Å²) in [6.07, 6.45) is 11.2. The number of ether oxygens (including phenoxy) is 3. The number of carbonyl (C=O) groups is 1. The van der Waals surface area contributed by atoms with Gasteiger partial charge in [0.25, 0.3) is 0 Å². The molecule has 0 spiro atoms. The molecule has 33 heavy (non-hydrogen) atoms. The maximum Gasteiger partial charge on any atom is 0.410 e. The van der Waals surface area contributed by atoms with Gasteiger partial charge < -0.3 is 24.0 Å². The summed E-state index contributed by atoms with van der Waals surface area (Å²) in [6.45, 7) is 12.9. The minimum Gasteiger partial charge on any atom is -0.490 e. The Kier molecular flexibility index (Phi) is 9.65. The third-order valence-corrected chi connectivity index (χ3v) is 6.44. The van der Waals surface area contributed by atoms with E-state index in [-0.39, 0.29) is 12.1 Å². The van der Waals surface area contributed by atoms with Crippen molar-refractivity contribution in [1.82, 2.24) is 9.88 Å². The van der Waals surface area contributed by atoms with Gasteiger partial charge in [-0.25, -0.2) is 4.79 Å². The number of piperidine rings is 1. The Labute approximate surface area is 199 Å². The van der Waals surface area contributed by atoms with Gasteiger partial charge in [-0.2, -0.15) is 0 Å². The molecule has 2 fully saturated rings. The molecule has 0 N–H and O–H groups in total. The Morgan fingerprint density at radius 3 is 2.64 bits per heavy atom. The van der Waals surface area contributed by atoms with Crippen LogP contribution in [-0.4, -0.2) is 67.1 Å². The molecule has 0 unspecified atom stereocenters. The van der Waals surface area contributed by atoms with Crippen molar-refractivity contribution in [1.29, 1.82) is 0 Å². The van der Waals surface area contributed by atoms with Crippen molar-refractivity contribution in [3.8, 4) is 5.75 Å². The fraction of sp³-hybridized carbons (Fsp3) is 0.769. The molecule has 2 aliphatic heterocycles. The predicted octanol–water partition coefficient (Wildman–Crippen LogP) is 5.28. The van der Waals surface area contributed by atoms with Crippen molar-refractivity contribution in [2.75, 3.05) is 44.4 Å². The molecule has 2 aliphatic rings. The van der Waals surface area contributed by atoms with Gasteiger partial charge in [0.15, 0.2) is 0 Å². The van der Waals surface area contributed by atoms with Crippen LogP contribution in [-0.2, 0) is 9.47 Å². The van der Waals surface area contributed by atoms with Crippen LogP contribution in [0.25, 0.3) is 0 Å². The Hall–Kier alpha value is -2.02. The van der Waals surface area contributed by atoms with Crippen molar-refractivity contribution in [2.45, 2.75) is 84.3 Å². The highest BCUT2D eigenvalue weighted by Gasteiger charge is 2.32. The molecule has 2 saturated heterocycles. The summed E-state index contributed by atoms with van der Waals surface area (Å²) in [7, 11) is 0. The van der Waals surface area contributed by atoms with Gasteiger partial charge in [-0.15, -0.1) is 0 Å². The van der Waals surface area contributed by atoms with E-state index in [0.29, 0.717) is 6.61 Å². The topological polar surface area (TPSA) is 64.1 Å². The molecular weight excluding hydrogens is 418 g/mol. The lowest BCUT2D eigenvalue weighted by atomic mass is 9.94. The first kappa shape index (κ1) is 25.6. The molecular formula is C26H43N3O4. The molecule has 7 nitrogen and oxygen atoms in total. The zero-order valence-corrected chi connectivity index (χ0v) is 21.1. The Morgan fingerprint density at radius 2 is 1.91 bits per heavy atom. The van der Waals surface area contributed by atoms with E-state index in [1.165, 1.54) is 19.3 Å². The second-order valence-corrected chi connectivity index (χ2v) is 10.3. The van der Waals surface area contributed by atoms with Crippen molar-refractivity contribution < 1.29 is 19.0 Å². The number of carbonyl (C=O) groups excluding carboxylic acids is 1. The molecule has 186 valence electrons. The van der Waals surface area contributed by atoms with Gasteiger partial charge in [0.2, 0.25) is 0 Å². The van der Waals surface area contributed by atoms with Gasteiger partial charge in [-0.1, -0.05) is 13.3 Å². The number of aromatic nitrogens is 1. The maximum atomic E-state index is 12.5. The van der Waals surface area contributed by atoms with Crippen LogP contribution in [0.4, 0.5) is 10.5 Å². The van der Waals surface area contributed by atoms with E-state index in [0.717, 1.165) is 75.9 Å². The molecule has 3 heterocycles. The van der Waals surface area contributed by atoms with Crippen LogP contribution in [0.5, 0.6) is 5.75 Å². The van der Waals surface area contributed by atoms with Crippen LogP contribution in [0.15, 0.2) is 18.5 Å². The smallest absolute Gasteiger partial charge is 0.410 e. The lowest BCUT2D eigenvalue weighted by Gasteiger charge is -2.33. The number of unbranched alkanes of at least 4 members (excludes halogenated alkanes) is 1. The molecule has 0 radical (unpaired) electrons. The Balaban J connectivity index is 1.44. The predicted molar refractivity (Wildman–Crippen MR) is 131 cm³/mol. The van der Waals surface area contributed by atoms with Gasteiger partial charge >= 0.3 is 6.09 Å². The van der Waals surface area contributed by atoms with Gasteiger partial charge in [0.1, 0.15) is 18.0 Å². The van der Waals surface area contributed by atoms with Gasteiger partial charge in [-0.05, 0) is 65.2 Å². The molecule has 7 heteroatoms. The number of amides is 1. The number of likely N-dealkylation sites (tertiary alicyclic amines) is 1. The molecule has 1 atom stereocenters. The molecule has 1 aromatic rings. The number of anilines is 1. The number of hydrogen-bond donors (Lipinski definition) is 0. The number of hydrogen-bond acceptors (Lipinski definition) is 6. The summed E-state index contributed by atoms with van der Waals surface area (Å²) < 4.78 is 17.4. The molecule has 1 amide bonds. The summed E-state index contributed by atoms with van der Waals surface area (Å²) in [5.74, 6) is 1.51. The normalized spacial score (nSPS) is 19.7. The van der Waals surface area contributed by atoms with Crippen LogP contribution < -0.4 is 9.64 Å². The minimum absolute atomic E-state index is 0.0406. The van der Waals surface area contributed by atoms with Gasteiger partial charge in [-0.3, -0.25) is 4.98 Å². The first-order chi connectivity index (χ1) is 15.9. The van der Waals surface area contributed by atoms with Crippen molar-refractivity contribution >= 4 is 11.8 Å². The average molecular weight is 462 g/mol. The quantitative estimate of drug-likeness (QED) is 0.442. The zero-order valence-electron chi connectivity index (χ0n) is 21.1. The van der Waals surface area contributed by atoms with Crippen LogP contribution in [0.2, 0.25) is 0 Å². The summed E-state index contributed by atoms with van der Waals surface area (Å²) in [4.78, 5) is 21.1. The van der Waals surface area contributed by atoms with E-state index in [4.69, 9.17) is 14.2 Å². The largest absolute Gasteiger partial charge is 0.490 e. The fourth-order valence-electron chi connectivity index (χ4n) is 4.50. The molecule has 3 rings (SSSR count). The van der Waals surface area contributed by atoms with E-state index in [1.807, 2.05) is 27.0 Å². The Morgan fingerprint density at radius 1 is 1.12 bits per heavy atom. The molecule has 0 saturated carbocycles. The third-order valence-electron chi connectivity index (χ3n) is 6.44. The Bertz CT molecular complexity index is 728. The number of pyridine rings is 1. The van der Waals surface area contributed by atoms with Crippen LogP contribution in [0.1, 0.15) is 72.6 Å². The highest BCUT2D eigenvalue weighted by atomic mass is 16.6. The monoisotopic (exact) mass is 461 g/mol. The second-order valence-electron chi connectivity index (χ2n) is 10.3. The second kappa shape index (κ2) is 12.4. The van der Waals surface area contributed by atoms with E-state index < -0.39 is 5.60 Å².